The lowest BCUT2D eigenvalue weighted by Crippen LogP contribution is -2.43. The van der Waals surface area contributed by atoms with E-state index >= 15 is 0 Å². The minimum atomic E-state index is -3.90. The number of sulfonamides is 1. The maximum atomic E-state index is 13.2. The molecule has 2 aliphatic rings. The topological polar surface area (TPSA) is 109 Å². The predicted molar refractivity (Wildman–Crippen MR) is 127 cm³/mol. The Morgan fingerprint density at radius 3 is 2.76 bits per heavy atom. The Kier molecular flexibility index (Phi) is 7.36. The van der Waals surface area contributed by atoms with Gasteiger partial charge in [0.15, 0.2) is 0 Å². The van der Waals surface area contributed by atoms with Gasteiger partial charge in [-0.2, -0.15) is 0 Å². The molecule has 9 nitrogen and oxygen atoms in total. The first-order valence-electron chi connectivity index (χ1n) is 11.1. The number of anilines is 2. The number of carbonyl (C=O) groups is 1. The number of ether oxygens (including phenoxy) is 2. The number of nitrogens with zero attached hydrogens (tertiary/aromatic N) is 1. The van der Waals surface area contributed by atoms with E-state index in [9.17, 15) is 13.2 Å². The van der Waals surface area contributed by atoms with E-state index in [1.54, 1.807) is 30.3 Å². The smallest absolute Gasteiger partial charge is 0.262 e. The van der Waals surface area contributed by atoms with E-state index in [4.69, 9.17) is 9.47 Å². The van der Waals surface area contributed by atoms with Gasteiger partial charge in [0.1, 0.15) is 5.75 Å². The van der Waals surface area contributed by atoms with Gasteiger partial charge in [0.25, 0.3) is 15.9 Å². The first-order chi connectivity index (χ1) is 16.0. The lowest BCUT2D eigenvalue weighted by atomic mass is 10.1. The molecule has 2 aromatic carbocycles. The normalized spacial score (nSPS) is 18.7. The molecule has 0 unspecified atom stereocenters. The molecular weight excluding hydrogens is 444 g/mol. The van der Waals surface area contributed by atoms with Crippen molar-refractivity contribution in [2.45, 2.75) is 23.8 Å². The molecule has 2 saturated heterocycles. The first kappa shape index (κ1) is 23.3. The van der Waals surface area contributed by atoms with Gasteiger partial charge in [0.2, 0.25) is 0 Å². The summed E-state index contributed by atoms with van der Waals surface area (Å²) < 4.78 is 39.8. The summed E-state index contributed by atoms with van der Waals surface area (Å²) in [7, 11) is -2.41. The third kappa shape index (κ3) is 5.76. The summed E-state index contributed by atoms with van der Waals surface area (Å²) in [5, 5.41) is 6.19. The Morgan fingerprint density at radius 2 is 2.03 bits per heavy atom. The Balaban J connectivity index is 1.60. The van der Waals surface area contributed by atoms with Crippen LogP contribution in [0.4, 0.5) is 11.4 Å². The molecule has 3 N–H and O–H groups in total. The number of rotatable bonds is 8. The van der Waals surface area contributed by atoms with Crippen molar-refractivity contribution in [2.75, 3.05) is 56.1 Å². The standard InChI is InChI=1S/C23H30N4O5S/c1-31-18-4-2-6-20(15-18)33(29,30)26-21-14-17(23(28)25-16-19-5-3-13-32-19)7-8-22(21)27-11-9-24-10-12-27/h2,4,6-8,14-15,19,24,26H,3,5,9-13,16H2,1H3,(H,25,28)/t19-/m0/s1. The van der Waals surface area contributed by atoms with Crippen molar-refractivity contribution >= 4 is 27.3 Å². The van der Waals surface area contributed by atoms with Crippen LogP contribution in [-0.4, -0.2) is 66.9 Å². The van der Waals surface area contributed by atoms with Gasteiger partial charge in [-0.05, 0) is 43.2 Å². The van der Waals surface area contributed by atoms with Crippen molar-refractivity contribution in [2.24, 2.45) is 0 Å². The zero-order valence-corrected chi connectivity index (χ0v) is 19.5. The fourth-order valence-electron chi connectivity index (χ4n) is 4.03. The molecule has 2 aliphatic heterocycles. The van der Waals surface area contributed by atoms with Crippen molar-refractivity contribution in [3.8, 4) is 5.75 Å². The molecule has 0 saturated carbocycles. The second-order valence-corrected chi connectivity index (χ2v) is 9.78. The second kappa shape index (κ2) is 10.4. The first-order valence-corrected chi connectivity index (χ1v) is 12.6. The average molecular weight is 475 g/mol. The summed E-state index contributed by atoms with van der Waals surface area (Å²) in [6, 6.07) is 11.4. The van der Waals surface area contributed by atoms with Crippen LogP contribution in [0.3, 0.4) is 0 Å². The minimum Gasteiger partial charge on any atom is -0.497 e. The summed E-state index contributed by atoms with van der Waals surface area (Å²) >= 11 is 0. The van der Waals surface area contributed by atoms with Crippen LogP contribution in [0.15, 0.2) is 47.4 Å². The molecule has 0 aliphatic carbocycles. The van der Waals surface area contributed by atoms with Gasteiger partial charge >= 0.3 is 0 Å². The van der Waals surface area contributed by atoms with Crippen LogP contribution in [0.25, 0.3) is 0 Å². The Morgan fingerprint density at radius 1 is 1.21 bits per heavy atom. The van der Waals surface area contributed by atoms with Gasteiger partial charge in [-0.3, -0.25) is 9.52 Å². The Bertz CT molecular complexity index is 1080. The highest BCUT2D eigenvalue weighted by Crippen LogP contribution is 2.30. The molecule has 0 bridgehead atoms. The summed E-state index contributed by atoms with van der Waals surface area (Å²) in [4.78, 5) is 15.0. The number of amides is 1. The molecule has 1 atom stereocenters. The van der Waals surface area contributed by atoms with Gasteiger partial charge in [0, 0.05) is 51.0 Å². The van der Waals surface area contributed by atoms with Crippen LogP contribution in [0, 0.1) is 0 Å². The fourth-order valence-corrected chi connectivity index (χ4v) is 5.13. The molecule has 10 heteroatoms. The molecule has 2 heterocycles. The Labute approximate surface area is 194 Å². The number of piperazine rings is 1. The molecule has 0 aromatic heterocycles. The highest BCUT2D eigenvalue weighted by Gasteiger charge is 2.22. The van der Waals surface area contributed by atoms with Crippen LogP contribution in [-0.2, 0) is 14.8 Å². The molecule has 33 heavy (non-hydrogen) atoms. The second-order valence-electron chi connectivity index (χ2n) is 8.10. The van der Waals surface area contributed by atoms with Crippen LogP contribution >= 0.6 is 0 Å². The summed E-state index contributed by atoms with van der Waals surface area (Å²) in [6.07, 6.45) is 1.95. The lowest BCUT2D eigenvalue weighted by Gasteiger charge is -2.31. The van der Waals surface area contributed by atoms with Gasteiger partial charge in [-0.1, -0.05) is 6.07 Å². The van der Waals surface area contributed by atoms with Crippen LogP contribution in [0.5, 0.6) is 5.75 Å². The highest BCUT2D eigenvalue weighted by atomic mass is 32.2. The van der Waals surface area contributed by atoms with Crippen LogP contribution in [0.2, 0.25) is 0 Å². The van der Waals surface area contributed by atoms with E-state index in [0.29, 0.717) is 23.5 Å². The molecule has 1 amide bonds. The minimum absolute atomic E-state index is 0.0279. The average Bonchev–Trinajstić information content (AvgIpc) is 3.36. The number of hydrogen-bond donors (Lipinski definition) is 3. The Hall–Kier alpha value is -2.82. The lowest BCUT2D eigenvalue weighted by molar-refractivity contribution is 0.0858. The monoisotopic (exact) mass is 474 g/mol. The summed E-state index contributed by atoms with van der Waals surface area (Å²) in [5.74, 6) is 0.182. The molecule has 0 radical (unpaired) electrons. The molecule has 178 valence electrons. The van der Waals surface area contributed by atoms with Crippen LogP contribution < -0.4 is 25.0 Å². The molecular formula is C23H30N4O5S. The van der Waals surface area contributed by atoms with Crippen molar-refractivity contribution in [1.82, 2.24) is 10.6 Å². The molecule has 4 rings (SSSR count). The van der Waals surface area contributed by atoms with Crippen molar-refractivity contribution in [1.29, 1.82) is 0 Å². The van der Waals surface area contributed by atoms with Crippen LogP contribution in [0.1, 0.15) is 23.2 Å². The maximum Gasteiger partial charge on any atom is 0.262 e. The quantitative estimate of drug-likeness (QED) is 0.535. The van der Waals surface area contributed by atoms with E-state index < -0.39 is 10.0 Å². The van der Waals surface area contributed by atoms with E-state index in [2.05, 4.69) is 20.3 Å². The van der Waals surface area contributed by atoms with Gasteiger partial charge in [-0.25, -0.2) is 8.42 Å². The summed E-state index contributed by atoms with van der Waals surface area (Å²) in [6.45, 7) is 4.22. The van der Waals surface area contributed by atoms with E-state index in [-0.39, 0.29) is 16.9 Å². The zero-order valence-electron chi connectivity index (χ0n) is 18.7. The number of methoxy groups -OCH3 is 1. The number of hydrogen-bond acceptors (Lipinski definition) is 7. The molecule has 2 aromatic rings. The largest absolute Gasteiger partial charge is 0.497 e. The zero-order chi connectivity index (χ0) is 23.3. The highest BCUT2D eigenvalue weighted by molar-refractivity contribution is 7.92. The third-order valence-electron chi connectivity index (χ3n) is 5.83. The summed E-state index contributed by atoms with van der Waals surface area (Å²) in [5.41, 5.74) is 1.48. The van der Waals surface area contributed by atoms with Crippen molar-refractivity contribution in [3.63, 3.8) is 0 Å². The van der Waals surface area contributed by atoms with Crippen molar-refractivity contribution in [3.05, 3.63) is 48.0 Å². The van der Waals surface area contributed by atoms with E-state index in [1.807, 2.05) is 0 Å². The van der Waals surface area contributed by atoms with Gasteiger partial charge in [-0.15, -0.1) is 0 Å². The third-order valence-corrected chi connectivity index (χ3v) is 7.19. The predicted octanol–water partition coefficient (Wildman–Crippen LogP) is 1.81. The van der Waals surface area contributed by atoms with E-state index in [0.717, 1.165) is 51.3 Å². The van der Waals surface area contributed by atoms with Gasteiger partial charge < -0.3 is 25.0 Å². The SMILES string of the molecule is COc1cccc(S(=O)(=O)Nc2cc(C(=O)NC[C@@H]3CCCO3)ccc2N2CCNCC2)c1. The number of nitrogens with one attached hydrogen (secondary N) is 3. The number of benzene rings is 2. The maximum absolute atomic E-state index is 13.2. The molecule has 0 spiro atoms. The van der Waals surface area contributed by atoms with E-state index in [1.165, 1.54) is 19.2 Å². The van der Waals surface area contributed by atoms with Crippen molar-refractivity contribution < 1.29 is 22.7 Å². The molecule has 2 fully saturated rings. The van der Waals surface area contributed by atoms with Gasteiger partial charge in [0.05, 0.1) is 29.5 Å². The number of carbonyl (C=O) groups excluding carboxylic acids is 1. The fraction of sp³-hybridized carbons (Fsp3) is 0.435.